The Kier molecular flexibility index (Phi) is 5.72. The van der Waals surface area contributed by atoms with Gasteiger partial charge in [-0.15, -0.1) is 0 Å². The molecular formula is C26H29FN2O3. The van der Waals surface area contributed by atoms with Crippen LogP contribution in [0.5, 0.6) is 0 Å². The molecule has 0 radical (unpaired) electrons. The molecule has 0 spiro atoms. The summed E-state index contributed by atoms with van der Waals surface area (Å²) in [7, 11) is 0. The quantitative estimate of drug-likeness (QED) is 0.691. The van der Waals surface area contributed by atoms with E-state index in [0.29, 0.717) is 23.9 Å². The van der Waals surface area contributed by atoms with Gasteiger partial charge in [0.25, 0.3) is 5.91 Å². The van der Waals surface area contributed by atoms with Gasteiger partial charge in [-0.1, -0.05) is 24.3 Å². The van der Waals surface area contributed by atoms with Crippen LogP contribution in [0.15, 0.2) is 48.5 Å². The molecule has 3 fully saturated rings. The summed E-state index contributed by atoms with van der Waals surface area (Å²) in [5.41, 5.74) is 2.11. The molecule has 168 valence electrons. The minimum atomic E-state index is -0.288. The summed E-state index contributed by atoms with van der Waals surface area (Å²) in [5.74, 6) is 0.979. The third-order valence-corrected chi connectivity index (χ3v) is 7.20. The van der Waals surface area contributed by atoms with E-state index in [0.717, 1.165) is 56.4 Å². The average Bonchev–Trinajstić information content (AvgIpc) is 3.75. The molecule has 2 aliphatic carbocycles. The van der Waals surface area contributed by atoms with Crippen molar-refractivity contribution in [2.75, 3.05) is 19.8 Å². The Hall–Kier alpha value is -2.73. The first-order chi connectivity index (χ1) is 15.5. The Bertz CT molecular complexity index is 979. The second kappa shape index (κ2) is 8.66. The number of carbonyl (C=O) groups excluding carboxylic acids is 2. The van der Waals surface area contributed by atoms with Gasteiger partial charge in [0.2, 0.25) is 5.91 Å². The lowest BCUT2D eigenvalue weighted by Gasteiger charge is -2.23. The maximum absolute atomic E-state index is 13.1. The van der Waals surface area contributed by atoms with Gasteiger partial charge in [-0.3, -0.25) is 9.59 Å². The molecule has 5 nitrogen and oxygen atoms in total. The molecule has 2 amide bonds. The highest BCUT2D eigenvalue weighted by atomic mass is 19.1. The minimum absolute atomic E-state index is 0.130. The number of hydrogen-bond acceptors (Lipinski definition) is 3. The number of nitrogens with one attached hydrogen (secondary N) is 2. The topological polar surface area (TPSA) is 67.4 Å². The fourth-order valence-electron chi connectivity index (χ4n) is 4.84. The zero-order chi connectivity index (χ0) is 22.1. The van der Waals surface area contributed by atoms with Crippen LogP contribution < -0.4 is 10.6 Å². The Morgan fingerprint density at radius 2 is 1.59 bits per heavy atom. The zero-order valence-electron chi connectivity index (χ0n) is 18.1. The first-order valence-corrected chi connectivity index (χ1v) is 11.6. The Morgan fingerprint density at radius 3 is 2.22 bits per heavy atom. The standard InChI is InChI=1S/C26H29FN2O3/c27-21-7-5-18(6-8-21)17-1-3-20(4-2-17)24(30)28-16-26(11-12-26)29-25(31)23-15-22(23)19-9-13-32-14-10-19/h1-8,19,22-23H,9-16H2,(H,28,30)(H,29,31)/t22-,23+/m0/s1. The van der Waals surface area contributed by atoms with Gasteiger partial charge in [0.15, 0.2) is 0 Å². The predicted octanol–water partition coefficient (Wildman–Crippen LogP) is 3.93. The molecule has 2 atom stereocenters. The van der Waals surface area contributed by atoms with E-state index in [1.54, 1.807) is 24.3 Å². The van der Waals surface area contributed by atoms with Crippen LogP contribution in [-0.2, 0) is 9.53 Å². The number of amides is 2. The first-order valence-electron chi connectivity index (χ1n) is 11.6. The molecule has 6 heteroatoms. The van der Waals surface area contributed by atoms with Crippen LogP contribution in [0.4, 0.5) is 4.39 Å². The Morgan fingerprint density at radius 1 is 0.969 bits per heavy atom. The fourth-order valence-corrected chi connectivity index (χ4v) is 4.84. The van der Waals surface area contributed by atoms with Crippen LogP contribution in [0, 0.1) is 23.6 Å². The summed E-state index contributed by atoms with van der Waals surface area (Å²) in [6.45, 7) is 2.08. The number of rotatable bonds is 7. The van der Waals surface area contributed by atoms with E-state index >= 15 is 0 Å². The van der Waals surface area contributed by atoms with Crippen LogP contribution in [-0.4, -0.2) is 37.1 Å². The van der Waals surface area contributed by atoms with Crippen LogP contribution >= 0.6 is 0 Å². The molecule has 32 heavy (non-hydrogen) atoms. The van der Waals surface area contributed by atoms with Crippen molar-refractivity contribution in [3.63, 3.8) is 0 Å². The summed E-state index contributed by atoms with van der Waals surface area (Å²) in [5, 5.41) is 6.21. The van der Waals surface area contributed by atoms with Gasteiger partial charge in [0.05, 0.1) is 5.54 Å². The van der Waals surface area contributed by atoms with Crippen LogP contribution in [0.3, 0.4) is 0 Å². The third-order valence-electron chi connectivity index (χ3n) is 7.20. The zero-order valence-corrected chi connectivity index (χ0v) is 18.1. The Labute approximate surface area is 187 Å². The lowest BCUT2D eigenvalue weighted by molar-refractivity contribution is -0.123. The second-order valence-electron chi connectivity index (χ2n) is 9.49. The molecule has 2 N–H and O–H groups in total. The molecule has 0 unspecified atom stereocenters. The number of halogens is 1. The van der Waals surface area contributed by atoms with E-state index in [-0.39, 0.29) is 29.1 Å². The van der Waals surface area contributed by atoms with Gasteiger partial charge in [-0.05, 0) is 79.3 Å². The lowest BCUT2D eigenvalue weighted by Crippen LogP contribution is -2.46. The first kappa shape index (κ1) is 21.1. The van der Waals surface area contributed by atoms with E-state index in [2.05, 4.69) is 10.6 Å². The predicted molar refractivity (Wildman–Crippen MR) is 119 cm³/mol. The summed E-state index contributed by atoms with van der Waals surface area (Å²) < 4.78 is 18.5. The van der Waals surface area contributed by atoms with Crippen molar-refractivity contribution in [3.05, 3.63) is 59.9 Å². The number of ether oxygens (including phenoxy) is 1. The fraction of sp³-hybridized carbons (Fsp3) is 0.462. The van der Waals surface area contributed by atoms with Crippen molar-refractivity contribution in [1.82, 2.24) is 10.6 Å². The molecule has 1 aliphatic heterocycles. The van der Waals surface area contributed by atoms with E-state index in [1.165, 1.54) is 12.1 Å². The molecular weight excluding hydrogens is 407 g/mol. The second-order valence-corrected chi connectivity index (χ2v) is 9.49. The number of hydrogen-bond donors (Lipinski definition) is 2. The monoisotopic (exact) mass is 436 g/mol. The molecule has 3 aliphatic rings. The van der Waals surface area contributed by atoms with Crippen molar-refractivity contribution in [2.24, 2.45) is 17.8 Å². The van der Waals surface area contributed by atoms with Crippen LogP contribution in [0.1, 0.15) is 42.5 Å². The highest BCUT2D eigenvalue weighted by Crippen LogP contribution is 2.48. The molecule has 1 heterocycles. The lowest BCUT2D eigenvalue weighted by atomic mass is 9.93. The van der Waals surface area contributed by atoms with Crippen molar-refractivity contribution in [1.29, 1.82) is 0 Å². The maximum Gasteiger partial charge on any atom is 0.251 e. The number of benzene rings is 2. The van der Waals surface area contributed by atoms with E-state index in [1.807, 2.05) is 12.1 Å². The van der Waals surface area contributed by atoms with Crippen LogP contribution in [0.2, 0.25) is 0 Å². The van der Waals surface area contributed by atoms with Gasteiger partial charge in [-0.25, -0.2) is 4.39 Å². The minimum Gasteiger partial charge on any atom is -0.381 e. The van der Waals surface area contributed by atoms with Gasteiger partial charge < -0.3 is 15.4 Å². The summed E-state index contributed by atoms with van der Waals surface area (Å²) in [6.07, 6.45) is 4.92. The molecule has 2 saturated carbocycles. The SMILES string of the molecule is O=C(NCC1(NC(=O)[C@@H]2C[C@H]2C2CCOCC2)CC1)c1ccc(-c2ccc(F)cc2)cc1. The van der Waals surface area contributed by atoms with Crippen molar-refractivity contribution in [3.8, 4) is 11.1 Å². The van der Waals surface area contributed by atoms with Gasteiger partial charge in [0.1, 0.15) is 5.82 Å². The highest BCUT2D eigenvalue weighted by Gasteiger charge is 2.51. The van der Waals surface area contributed by atoms with Gasteiger partial charge in [-0.2, -0.15) is 0 Å². The van der Waals surface area contributed by atoms with E-state index in [9.17, 15) is 14.0 Å². The molecule has 1 saturated heterocycles. The largest absolute Gasteiger partial charge is 0.381 e. The van der Waals surface area contributed by atoms with Crippen molar-refractivity contribution in [2.45, 2.75) is 37.6 Å². The van der Waals surface area contributed by atoms with E-state index in [4.69, 9.17) is 4.74 Å². The summed E-state index contributed by atoms with van der Waals surface area (Å²) in [4.78, 5) is 25.4. The summed E-state index contributed by atoms with van der Waals surface area (Å²) >= 11 is 0. The van der Waals surface area contributed by atoms with Crippen LogP contribution in [0.25, 0.3) is 11.1 Å². The molecule has 0 aromatic heterocycles. The molecule has 2 aromatic rings. The highest BCUT2D eigenvalue weighted by molar-refractivity contribution is 5.94. The van der Waals surface area contributed by atoms with Gasteiger partial charge in [0, 0.05) is 31.2 Å². The van der Waals surface area contributed by atoms with E-state index < -0.39 is 0 Å². The van der Waals surface area contributed by atoms with Gasteiger partial charge >= 0.3 is 0 Å². The molecule has 2 aromatic carbocycles. The summed E-state index contributed by atoms with van der Waals surface area (Å²) in [6, 6.07) is 13.6. The van der Waals surface area contributed by atoms with Crippen molar-refractivity contribution < 1.29 is 18.7 Å². The smallest absolute Gasteiger partial charge is 0.251 e. The molecule has 0 bridgehead atoms. The Balaban J connectivity index is 1.11. The third kappa shape index (κ3) is 4.70. The average molecular weight is 437 g/mol. The normalized spacial score (nSPS) is 23.9. The molecule has 5 rings (SSSR count). The maximum atomic E-state index is 13.1. The van der Waals surface area contributed by atoms with Crippen molar-refractivity contribution >= 4 is 11.8 Å². The number of carbonyl (C=O) groups is 2.